The number of rotatable bonds is 3. The van der Waals surface area contributed by atoms with Gasteiger partial charge in [0.05, 0.1) is 17.3 Å². The lowest BCUT2D eigenvalue weighted by molar-refractivity contribution is 0.415. The molecule has 0 unspecified atom stereocenters. The lowest BCUT2D eigenvalue weighted by Crippen LogP contribution is -1.91. The van der Waals surface area contributed by atoms with E-state index in [0.717, 1.165) is 17.7 Å². The van der Waals surface area contributed by atoms with Crippen LogP contribution in [0.5, 0.6) is 5.75 Å². The van der Waals surface area contributed by atoms with E-state index in [-0.39, 0.29) is 0 Å². The van der Waals surface area contributed by atoms with Crippen LogP contribution in [-0.4, -0.2) is 12.1 Å². The van der Waals surface area contributed by atoms with Gasteiger partial charge in [-0.25, -0.2) is 4.98 Å². The minimum Gasteiger partial charge on any atom is -0.497 e. The van der Waals surface area contributed by atoms with Gasteiger partial charge < -0.3 is 4.74 Å². The van der Waals surface area contributed by atoms with E-state index in [9.17, 15) is 0 Å². The minimum absolute atomic E-state index is 0.942. The Hall–Kier alpha value is -1.35. The summed E-state index contributed by atoms with van der Waals surface area (Å²) in [5.41, 5.74) is 3.89. The highest BCUT2D eigenvalue weighted by molar-refractivity contribution is 7.19. The van der Waals surface area contributed by atoms with Crippen LogP contribution in [0.3, 0.4) is 0 Å². The minimum atomic E-state index is 0.942. The van der Waals surface area contributed by atoms with Crippen LogP contribution in [0.1, 0.15) is 43.2 Å². The highest BCUT2D eigenvalue weighted by atomic mass is 32.1. The molecule has 3 heteroatoms. The van der Waals surface area contributed by atoms with Crippen LogP contribution in [0.15, 0.2) is 18.2 Å². The molecule has 0 bridgehead atoms. The molecule has 1 aromatic heterocycles. The van der Waals surface area contributed by atoms with Crippen LogP contribution in [-0.2, 0) is 6.42 Å². The number of allylic oxidation sites excluding steroid dienone is 2. The van der Waals surface area contributed by atoms with Crippen molar-refractivity contribution in [2.75, 3.05) is 7.11 Å². The van der Waals surface area contributed by atoms with E-state index in [0.29, 0.717) is 0 Å². The molecule has 0 amide bonds. The molecule has 3 rings (SSSR count). The molecule has 1 aliphatic rings. The quantitative estimate of drug-likeness (QED) is 0.799. The molecule has 0 saturated heterocycles. The second kappa shape index (κ2) is 5.33. The molecule has 100 valence electrons. The standard InChI is InChI=1S/C16H19NOS/c1-3-11-9-13(18-2)10-14-15(11)17-16(19-14)12-7-5-4-6-8-12/h7,9-10H,3-6,8H2,1-2H3. The number of hydrogen-bond acceptors (Lipinski definition) is 3. The number of benzene rings is 1. The summed E-state index contributed by atoms with van der Waals surface area (Å²) >= 11 is 1.80. The van der Waals surface area contributed by atoms with E-state index in [4.69, 9.17) is 9.72 Å². The van der Waals surface area contributed by atoms with Crippen molar-refractivity contribution in [2.24, 2.45) is 0 Å². The van der Waals surface area contributed by atoms with Crippen LogP contribution < -0.4 is 4.74 Å². The van der Waals surface area contributed by atoms with Gasteiger partial charge in [-0.3, -0.25) is 0 Å². The van der Waals surface area contributed by atoms with Crippen molar-refractivity contribution in [3.63, 3.8) is 0 Å². The average Bonchev–Trinajstić information content (AvgIpc) is 2.91. The van der Waals surface area contributed by atoms with E-state index >= 15 is 0 Å². The highest BCUT2D eigenvalue weighted by Gasteiger charge is 2.14. The summed E-state index contributed by atoms with van der Waals surface area (Å²) in [7, 11) is 1.73. The molecule has 0 saturated carbocycles. The number of ether oxygens (including phenoxy) is 1. The van der Waals surface area contributed by atoms with Crippen LogP contribution in [0, 0.1) is 0 Å². The van der Waals surface area contributed by atoms with Gasteiger partial charge in [-0.05, 0) is 55.4 Å². The Morgan fingerprint density at radius 2 is 2.21 bits per heavy atom. The maximum absolute atomic E-state index is 5.38. The maximum Gasteiger partial charge on any atom is 0.120 e. The lowest BCUT2D eigenvalue weighted by atomic mass is 10.0. The smallest absolute Gasteiger partial charge is 0.120 e. The second-order valence-corrected chi connectivity index (χ2v) is 6.01. The van der Waals surface area contributed by atoms with Crippen LogP contribution in [0.2, 0.25) is 0 Å². The van der Waals surface area contributed by atoms with Gasteiger partial charge in [0.15, 0.2) is 0 Å². The van der Waals surface area contributed by atoms with Gasteiger partial charge in [-0.1, -0.05) is 13.0 Å². The first-order valence-electron chi connectivity index (χ1n) is 6.98. The molecule has 0 spiro atoms. The van der Waals surface area contributed by atoms with Gasteiger partial charge in [0.1, 0.15) is 10.8 Å². The van der Waals surface area contributed by atoms with Crippen molar-refractivity contribution in [1.82, 2.24) is 4.98 Å². The molecule has 2 aromatic rings. The van der Waals surface area contributed by atoms with Gasteiger partial charge in [-0.15, -0.1) is 11.3 Å². The molecule has 1 aromatic carbocycles. The summed E-state index contributed by atoms with van der Waals surface area (Å²) in [5.74, 6) is 0.942. The Labute approximate surface area is 118 Å². The first kappa shape index (κ1) is 12.7. The molecule has 0 radical (unpaired) electrons. The molecule has 1 aliphatic carbocycles. The van der Waals surface area contributed by atoms with E-state index in [1.54, 1.807) is 18.4 Å². The SMILES string of the molecule is CCc1cc(OC)cc2sc(C3=CCCCC3)nc12. The zero-order valence-corrected chi connectivity index (χ0v) is 12.3. The number of hydrogen-bond donors (Lipinski definition) is 0. The topological polar surface area (TPSA) is 22.1 Å². The largest absolute Gasteiger partial charge is 0.497 e. The third-order valence-electron chi connectivity index (χ3n) is 3.73. The van der Waals surface area contributed by atoms with Crippen LogP contribution in [0.25, 0.3) is 15.8 Å². The first-order chi connectivity index (χ1) is 9.31. The van der Waals surface area contributed by atoms with Crippen LogP contribution in [0.4, 0.5) is 0 Å². The fourth-order valence-corrected chi connectivity index (χ4v) is 3.74. The Morgan fingerprint density at radius 3 is 2.89 bits per heavy atom. The van der Waals surface area contributed by atoms with E-state index in [2.05, 4.69) is 25.1 Å². The van der Waals surface area contributed by atoms with E-state index in [1.165, 1.54) is 46.5 Å². The number of methoxy groups -OCH3 is 1. The van der Waals surface area contributed by atoms with Gasteiger partial charge in [0.2, 0.25) is 0 Å². The number of thiazole rings is 1. The molecule has 1 heterocycles. The van der Waals surface area contributed by atoms with E-state index < -0.39 is 0 Å². The van der Waals surface area contributed by atoms with E-state index in [1.807, 2.05) is 0 Å². The van der Waals surface area contributed by atoms with Crippen molar-refractivity contribution in [2.45, 2.75) is 39.0 Å². The van der Waals surface area contributed by atoms with Gasteiger partial charge in [-0.2, -0.15) is 0 Å². The zero-order chi connectivity index (χ0) is 13.2. The Balaban J connectivity index is 2.11. The number of aromatic nitrogens is 1. The van der Waals surface area contributed by atoms with Crippen molar-refractivity contribution in [3.8, 4) is 5.75 Å². The summed E-state index contributed by atoms with van der Waals surface area (Å²) in [5, 5.41) is 1.21. The summed E-state index contributed by atoms with van der Waals surface area (Å²) in [6.07, 6.45) is 8.36. The summed E-state index contributed by atoms with van der Waals surface area (Å²) in [6.45, 7) is 2.17. The third kappa shape index (κ3) is 2.39. The van der Waals surface area contributed by atoms with Crippen LogP contribution >= 0.6 is 11.3 Å². The fraction of sp³-hybridized carbons (Fsp3) is 0.438. The lowest BCUT2D eigenvalue weighted by Gasteiger charge is -2.09. The van der Waals surface area contributed by atoms with Gasteiger partial charge in [0.25, 0.3) is 0 Å². The fourth-order valence-electron chi connectivity index (χ4n) is 2.63. The predicted molar refractivity (Wildman–Crippen MR) is 82.0 cm³/mol. The zero-order valence-electron chi connectivity index (χ0n) is 11.5. The van der Waals surface area contributed by atoms with Crippen molar-refractivity contribution < 1.29 is 4.74 Å². The number of aryl methyl sites for hydroxylation is 1. The normalized spacial score (nSPS) is 15.6. The number of fused-ring (bicyclic) bond motifs is 1. The van der Waals surface area contributed by atoms with Gasteiger partial charge >= 0.3 is 0 Å². The Bertz CT molecular complexity index is 627. The summed E-state index contributed by atoms with van der Waals surface area (Å²) in [4.78, 5) is 4.88. The molecule has 19 heavy (non-hydrogen) atoms. The predicted octanol–water partition coefficient (Wildman–Crippen LogP) is 4.82. The average molecular weight is 273 g/mol. The van der Waals surface area contributed by atoms with Gasteiger partial charge in [0, 0.05) is 0 Å². The van der Waals surface area contributed by atoms with Crippen molar-refractivity contribution in [1.29, 1.82) is 0 Å². The molecule has 0 atom stereocenters. The molecular weight excluding hydrogens is 254 g/mol. The molecule has 0 aliphatic heterocycles. The molecule has 2 nitrogen and oxygen atoms in total. The second-order valence-electron chi connectivity index (χ2n) is 4.98. The molecular formula is C16H19NOS. The van der Waals surface area contributed by atoms with Crippen molar-refractivity contribution in [3.05, 3.63) is 28.8 Å². The highest BCUT2D eigenvalue weighted by Crippen LogP contribution is 2.35. The molecule has 0 N–H and O–H groups in total. The Kier molecular flexibility index (Phi) is 3.56. The first-order valence-corrected chi connectivity index (χ1v) is 7.80. The van der Waals surface area contributed by atoms with Crippen molar-refractivity contribution >= 4 is 27.1 Å². The monoisotopic (exact) mass is 273 g/mol. The third-order valence-corrected chi connectivity index (χ3v) is 4.81. The number of nitrogens with zero attached hydrogens (tertiary/aromatic N) is 1. The summed E-state index contributed by atoms with van der Waals surface area (Å²) in [6, 6.07) is 4.22. The molecule has 0 fully saturated rings. The Morgan fingerprint density at radius 1 is 1.32 bits per heavy atom. The maximum atomic E-state index is 5.38. The summed E-state index contributed by atoms with van der Waals surface area (Å²) < 4.78 is 6.63.